The monoisotopic (exact) mass is 274 g/mol. The Bertz CT molecular complexity index is 512. The number of amides is 1. The highest BCUT2D eigenvalue weighted by Crippen LogP contribution is 2.12. The van der Waals surface area contributed by atoms with Crippen LogP contribution in [0.1, 0.15) is 6.42 Å². The van der Waals surface area contributed by atoms with Gasteiger partial charge in [0.05, 0.1) is 12.7 Å². The molecule has 1 atom stereocenters. The summed E-state index contributed by atoms with van der Waals surface area (Å²) < 4.78 is 5.26. The summed E-state index contributed by atoms with van der Waals surface area (Å²) in [6.45, 7) is 2.47. The van der Waals surface area contributed by atoms with Crippen LogP contribution in [-0.4, -0.2) is 43.2 Å². The molecule has 1 aromatic rings. The molecule has 1 aliphatic rings. The third kappa shape index (κ3) is 4.23. The van der Waals surface area contributed by atoms with Gasteiger partial charge in [-0.2, -0.15) is 5.26 Å². The number of hydrogen-bond donors (Lipinski definition) is 2. The van der Waals surface area contributed by atoms with E-state index in [1.54, 1.807) is 24.3 Å². The molecule has 3 N–H and O–H groups in total. The summed E-state index contributed by atoms with van der Waals surface area (Å²) in [5.41, 5.74) is 6.97. The molecule has 106 valence electrons. The molecule has 1 unspecified atom stereocenters. The highest BCUT2D eigenvalue weighted by molar-refractivity contribution is 5.91. The molecule has 6 nitrogen and oxygen atoms in total. The van der Waals surface area contributed by atoms with Gasteiger partial charge in [0.25, 0.3) is 0 Å². The molecule has 1 fully saturated rings. The molecule has 1 aliphatic heterocycles. The zero-order valence-corrected chi connectivity index (χ0v) is 11.2. The van der Waals surface area contributed by atoms with Crippen molar-refractivity contribution >= 4 is 17.3 Å². The van der Waals surface area contributed by atoms with Gasteiger partial charge in [-0.3, -0.25) is 9.69 Å². The fourth-order valence-corrected chi connectivity index (χ4v) is 2.08. The fourth-order valence-electron chi connectivity index (χ4n) is 2.08. The minimum absolute atomic E-state index is 0.0596. The molecule has 1 heterocycles. The molecule has 0 aliphatic carbocycles. The number of carbonyl (C=O) groups excluding carboxylic acids is 1. The summed E-state index contributed by atoms with van der Waals surface area (Å²) in [6, 6.07) is 9.18. The summed E-state index contributed by atoms with van der Waals surface area (Å²) in [6.07, 6.45) is -0.00632. The van der Waals surface area contributed by atoms with Crippen LogP contribution in [0, 0.1) is 11.3 Å². The number of hydrogen-bond acceptors (Lipinski definition) is 5. The predicted octanol–water partition coefficient (Wildman–Crippen LogP) is 0.822. The van der Waals surface area contributed by atoms with Gasteiger partial charge < -0.3 is 15.8 Å². The van der Waals surface area contributed by atoms with Crippen LogP contribution < -0.4 is 11.1 Å². The van der Waals surface area contributed by atoms with Crippen molar-refractivity contribution in [1.29, 1.82) is 5.26 Å². The van der Waals surface area contributed by atoms with Gasteiger partial charge in [0.1, 0.15) is 0 Å². The zero-order valence-electron chi connectivity index (χ0n) is 11.2. The van der Waals surface area contributed by atoms with Crippen molar-refractivity contribution in [3.63, 3.8) is 0 Å². The number of benzene rings is 1. The highest BCUT2D eigenvalue weighted by atomic mass is 16.5. The highest BCUT2D eigenvalue weighted by Gasteiger charge is 2.20. The number of nitrogens with zero attached hydrogens (tertiary/aromatic N) is 2. The van der Waals surface area contributed by atoms with Crippen LogP contribution in [-0.2, 0) is 9.53 Å². The molecular weight excluding hydrogens is 256 g/mol. The van der Waals surface area contributed by atoms with Crippen LogP contribution >= 0.6 is 0 Å². The second-order valence-corrected chi connectivity index (χ2v) is 4.71. The number of rotatable bonds is 4. The van der Waals surface area contributed by atoms with Crippen molar-refractivity contribution in [2.75, 3.05) is 37.3 Å². The maximum atomic E-state index is 11.8. The lowest BCUT2D eigenvalue weighted by Gasteiger charge is -2.29. The van der Waals surface area contributed by atoms with E-state index in [0.717, 1.165) is 6.54 Å². The molecule has 2 rings (SSSR count). The number of nitrogen functional groups attached to an aromatic ring is 1. The van der Waals surface area contributed by atoms with Gasteiger partial charge in [0, 0.05) is 37.4 Å². The molecule has 1 saturated heterocycles. The third-order valence-electron chi connectivity index (χ3n) is 3.12. The van der Waals surface area contributed by atoms with Gasteiger partial charge in [0.2, 0.25) is 5.91 Å². The van der Waals surface area contributed by atoms with E-state index >= 15 is 0 Å². The lowest BCUT2D eigenvalue weighted by Crippen LogP contribution is -2.42. The van der Waals surface area contributed by atoms with Crippen LogP contribution in [0.5, 0.6) is 0 Å². The lowest BCUT2D eigenvalue weighted by molar-refractivity contribution is -0.116. The van der Waals surface area contributed by atoms with Crippen LogP contribution in [0.25, 0.3) is 0 Å². The van der Waals surface area contributed by atoms with E-state index in [0.29, 0.717) is 37.5 Å². The van der Waals surface area contributed by atoms with E-state index in [-0.39, 0.29) is 12.0 Å². The van der Waals surface area contributed by atoms with Crippen molar-refractivity contribution in [3.05, 3.63) is 24.3 Å². The largest absolute Gasteiger partial charge is 0.399 e. The van der Waals surface area contributed by atoms with Crippen LogP contribution in [0.15, 0.2) is 24.3 Å². The Kier molecular flexibility index (Phi) is 4.93. The first-order valence-corrected chi connectivity index (χ1v) is 6.56. The minimum Gasteiger partial charge on any atom is -0.399 e. The topological polar surface area (TPSA) is 91.4 Å². The number of nitrogens with two attached hydrogens (primary N) is 1. The van der Waals surface area contributed by atoms with Crippen LogP contribution in [0.2, 0.25) is 0 Å². The van der Waals surface area contributed by atoms with Crippen molar-refractivity contribution < 1.29 is 9.53 Å². The molecular formula is C14H18N4O2. The van der Waals surface area contributed by atoms with E-state index in [1.807, 2.05) is 0 Å². The van der Waals surface area contributed by atoms with Crippen molar-refractivity contribution in [3.8, 4) is 6.07 Å². The number of ether oxygens (including phenoxy) is 1. The summed E-state index contributed by atoms with van der Waals surface area (Å²) in [5, 5.41) is 11.6. The molecule has 1 aromatic carbocycles. The molecule has 0 radical (unpaired) electrons. The summed E-state index contributed by atoms with van der Waals surface area (Å²) >= 11 is 0. The standard InChI is InChI=1S/C14H18N4O2/c15-9-13-10-18(6-7-20-13)5-4-14(19)17-12-3-1-2-11(16)8-12/h1-3,8,13H,4-7,10,16H2,(H,17,19). The molecule has 0 spiro atoms. The predicted molar refractivity (Wildman–Crippen MR) is 75.9 cm³/mol. The average Bonchev–Trinajstić information content (AvgIpc) is 2.45. The number of morpholine rings is 1. The molecule has 0 aromatic heterocycles. The van der Waals surface area contributed by atoms with Gasteiger partial charge >= 0.3 is 0 Å². The number of nitrogens with one attached hydrogen (secondary N) is 1. The Morgan fingerprint density at radius 1 is 1.60 bits per heavy atom. The Morgan fingerprint density at radius 2 is 2.45 bits per heavy atom. The lowest BCUT2D eigenvalue weighted by atomic mass is 10.2. The van der Waals surface area contributed by atoms with Crippen molar-refractivity contribution in [1.82, 2.24) is 4.90 Å². The van der Waals surface area contributed by atoms with Crippen molar-refractivity contribution in [2.45, 2.75) is 12.5 Å². The first-order valence-electron chi connectivity index (χ1n) is 6.56. The fraction of sp³-hybridized carbons (Fsp3) is 0.429. The number of anilines is 2. The summed E-state index contributed by atoms with van der Waals surface area (Å²) in [5.74, 6) is -0.0596. The Balaban J connectivity index is 1.76. The SMILES string of the molecule is N#CC1CN(CCC(=O)Nc2cccc(N)c2)CCO1. The molecule has 0 saturated carbocycles. The third-order valence-corrected chi connectivity index (χ3v) is 3.12. The van der Waals surface area contributed by atoms with E-state index < -0.39 is 0 Å². The summed E-state index contributed by atoms with van der Waals surface area (Å²) in [7, 11) is 0. The molecule has 6 heteroatoms. The van der Waals surface area contributed by atoms with Gasteiger partial charge in [-0.25, -0.2) is 0 Å². The van der Waals surface area contributed by atoms with Gasteiger partial charge in [0.15, 0.2) is 6.10 Å². The quantitative estimate of drug-likeness (QED) is 0.793. The smallest absolute Gasteiger partial charge is 0.225 e. The second-order valence-electron chi connectivity index (χ2n) is 4.71. The normalized spacial score (nSPS) is 19.2. The number of carbonyl (C=O) groups is 1. The van der Waals surface area contributed by atoms with Gasteiger partial charge in [-0.1, -0.05) is 6.07 Å². The first-order chi connectivity index (χ1) is 9.67. The van der Waals surface area contributed by atoms with E-state index in [2.05, 4.69) is 16.3 Å². The van der Waals surface area contributed by atoms with E-state index in [1.165, 1.54) is 0 Å². The average molecular weight is 274 g/mol. The number of nitriles is 1. The first kappa shape index (κ1) is 14.3. The molecule has 20 heavy (non-hydrogen) atoms. The van der Waals surface area contributed by atoms with Crippen LogP contribution in [0.4, 0.5) is 11.4 Å². The maximum absolute atomic E-state index is 11.8. The molecule has 1 amide bonds. The Hall–Kier alpha value is -2.10. The Morgan fingerprint density at radius 3 is 3.20 bits per heavy atom. The summed E-state index contributed by atoms with van der Waals surface area (Å²) in [4.78, 5) is 13.9. The van der Waals surface area contributed by atoms with Crippen molar-refractivity contribution in [2.24, 2.45) is 0 Å². The zero-order chi connectivity index (χ0) is 14.4. The van der Waals surface area contributed by atoms with Gasteiger partial charge in [-0.05, 0) is 18.2 Å². The second kappa shape index (κ2) is 6.89. The maximum Gasteiger partial charge on any atom is 0.225 e. The minimum atomic E-state index is -0.388. The molecule has 0 bridgehead atoms. The van der Waals surface area contributed by atoms with E-state index in [4.69, 9.17) is 15.7 Å². The Labute approximate surface area is 118 Å². The van der Waals surface area contributed by atoms with E-state index in [9.17, 15) is 4.79 Å². The van der Waals surface area contributed by atoms with Gasteiger partial charge in [-0.15, -0.1) is 0 Å². The van der Waals surface area contributed by atoms with Crippen LogP contribution in [0.3, 0.4) is 0 Å².